The Bertz CT molecular complexity index is 1130. The molecular weight excluding hydrogens is 376 g/mol. The number of hydrogen-bond donors (Lipinski definition) is 1. The van der Waals surface area contributed by atoms with Crippen LogP contribution < -0.4 is 10.1 Å². The molecule has 1 aromatic heterocycles. The summed E-state index contributed by atoms with van der Waals surface area (Å²) in [5.41, 5.74) is 4.60. The molecule has 4 rings (SSSR count). The number of aromatic nitrogens is 1. The van der Waals surface area contributed by atoms with Gasteiger partial charge in [-0.1, -0.05) is 31.5 Å². The lowest BCUT2D eigenvalue weighted by atomic mass is 10.1. The molecule has 0 saturated heterocycles. The van der Waals surface area contributed by atoms with E-state index in [-0.39, 0.29) is 5.91 Å². The van der Waals surface area contributed by atoms with Crippen LogP contribution in [0.2, 0.25) is 0 Å². The van der Waals surface area contributed by atoms with Crippen molar-refractivity contribution in [1.82, 2.24) is 4.98 Å². The van der Waals surface area contributed by atoms with Gasteiger partial charge in [0, 0.05) is 16.8 Å². The lowest BCUT2D eigenvalue weighted by molar-refractivity contribution is 0.102. The first kappa shape index (κ1) is 19.7. The Morgan fingerprint density at radius 3 is 2.60 bits per heavy atom. The van der Waals surface area contributed by atoms with Gasteiger partial charge in [0.2, 0.25) is 5.89 Å². The standard InChI is InChI=1S/C25H24N2O3/c1-3-4-16-29-19-14-12-18(13-15-19)24(28)26-21-10-7-8-20(17(21)2)25-27-22-9-5-6-11-23(22)30-25/h5-15H,3-4,16H2,1-2H3,(H,26,28). The van der Waals surface area contributed by atoms with Crippen LogP contribution in [0.25, 0.3) is 22.6 Å². The van der Waals surface area contributed by atoms with Crippen LogP contribution in [0.5, 0.6) is 5.75 Å². The van der Waals surface area contributed by atoms with E-state index in [1.807, 2.05) is 61.5 Å². The molecule has 0 aliphatic rings. The van der Waals surface area contributed by atoms with E-state index in [2.05, 4.69) is 17.2 Å². The quantitative estimate of drug-likeness (QED) is 0.373. The summed E-state index contributed by atoms with van der Waals surface area (Å²) in [4.78, 5) is 17.3. The first-order valence-corrected chi connectivity index (χ1v) is 10.2. The number of carbonyl (C=O) groups is 1. The minimum absolute atomic E-state index is 0.173. The van der Waals surface area contributed by atoms with Gasteiger partial charge in [0.25, 0.3) is 5.91 Å². The number of unbranched alkanes of at least 4 members (excludes halogenated alkanes) is 1. The third-order valence-electron chi connectivity index (χ3n) is 4.99. The number of rotatable bonds is 7. The molecule has 0 spiro atoms. The molecule has 1 heterocycles. The van der Waals surface area contributed by atoms with Gasteiger partial charge in [0.15, 0.2) is 5.58 Å². The van der Waals surface area contributed by atoms with E-state index in [0.717, 1.165) is 46.5 Å². The molecule has 0 bridgehead atoms. The number of amides is 1. The third-order valence-corrected chi connectivity index (χ3v) is 4.99. The molecule has 5 nitrogen and oxygen atoms in total. The number of oxazole rings is 1. The summed E-state index contributed by atoms with van der Waals surface area (Å²) < 4.78 is 11.6. The summed E-state index contributed by atoms with van der Waals surface area (Å²) in [7, 11) is 0. The maximum absolute atomic E-state index is 12.7. The molecule has 3 aromatic carbocycles. The fourth-order valence-electron chi connectivity index (χ4n) is 3.22. The predicted molar refractivity (Wildman–Crippen MR) is 119 cm³/mol. The predicted octanol–water partition coefficient (Wildman–Crippen LogP) is 6.23. The highest BCUT2D eigenvalue weighted by atomic mass is 16.5. The van der Waals surface area contributed by atoms with Crippen molar-refractivity contribution in [3.63, 3.8) is 0 Å². The summed E-state index contributed by atoms with van der Waals surface area (Å²) in [5.74, 6) is 1.14. The Kier molecular flexibility index (Phi) is 5.80. The van der Waals surface area contributed by atoms with Crippen LogP contribution in [0, 0.1) is 6.92 Å². The number of para-hydroxylation sites is 2. The molecule has 0 saturated carbocycles. The van der Waals surface area contributed by atoms with Gasteiger partial charge in [-0.05, 0) is 67.4 Å². The van der Waals surface area contributed by atoms with Crippen molar-refractivity contribution >= 4 is 22.7 Å². The van der Waals surface area contributed by atoms with Gasteiger partial charge in [-0.25, -0.2) is 4.98 Å². The average molecular weight is 400 g/mol. The van der Waals surface area contributed by atoms with Crippen molar-refractivity contribution in [3.05, 3.63) is 77.9 Å². The van der Waals surface area contributed by atoms with Crippen LogP contribution in [0.1, 0.15) is 35.7 Å². The zero-order valence-corrected chi connectivity index (χ0v) is 17.1. The van der Waals surface area contributed by atoms with E-state index in [4.69, 9.17) is 9.15 Å². The number of fused-ring (bicyclic) bond motifs is 1. The van der Waals surface area contributed by atoms with Crippen LogP contribution in [-0.4, -0.2) is 17.5 Å². The van der Waals surface area contributed by atoms with Gasteiger partial charge >= 0.3 is 0 Å². The van der Waals surface area contributed by atoms with Crippen LogP contribution in [0.15, 0.2) is 71.1 Å². The van der Waals surface area contributed by atoms with Crippen molar-refractivity contribution in [2.24, 2.45) is 0 Å². The molecule has 0 aliphatic heterocycles. The van der Waals surface area contributed by atoms with E-state index in [9.17, 15) is 4.79 Å². The Balaban J connectivity index is 1.52. The first-order valence-electron chi connectivity index (χ1n) is 10.2. The van der Waals surface area contributed by atoms with Crippen molar-refractivity contribution in [1.29, 1.82) is 0 Å². The van der Waals surface area contributed by atoms with Crippen molar-refractivity contribution < 1.29 is 13.9 Å². The maximum Gasteiger partial charge on any atom is 0.255 e. The zero-order chi connectivity index (χ0) is 20.9. The highest BCUT2D eigenvalue weighted by Gasteiger charge is 2.14. The number of nitrogens with one attached hydrogen (secondary N) is 1. The third kappa shape index (κ3) is 4.20. The molecular formula is C25H24N2O3. The van der Waals surface area contributed by atoms with E-state index < -0.39 is 0 Å². The molecule has 0 aliphatic carbocycles. The number of hydrogen-bond acceptors (Lipinski definition) is 4. The molecule has 4 aromatic rings. The fourth-order valence-corrected chi connectivity index (χ4v) is 3.22. The lowest BCUT2D eigenvalue weighted by Crippen LogP contribution is -2.13. The Morgan fingerprint density at radius 2 is 1.83 bits per heavy atom. The normalized spacial score (nSPS) is 10.9. The topological polar surface area (TPSA) is 64.4 Å². The summed E-state index contributed by atoms with van der Waals surface area (Å²) in [6.07, 6.45) is 2.10. The number of ether oxygens (including phenoxy) is 1. The Labute approximate surface area is 175 Å². The second kappa shape index (κ2) is 8.82. The van der Waals surface area contributed by atoms with Gasteiger partial charge in [-0.3, -0.25) is 4.79 Å². The minimum Gasteiger partial charge on any atom is -0.494 e. The highest BCUT2D eigenvalue weighted by Crippen LogP contribution is 2.30. The van der Waals surface area contributed by atoms with Gasteiger partial charge in [0.1, 0.15) is 11.3 Å². The van der Waals surface area contributed by atoms with E-state index in [1.54, 1.807) is 12.1 Å². The number of carbonyl (C=O) groups excluding carboxylic acids is 1. The van der Waals surface area contributed by atoms with Gasteiger partial charge < -0.3 is 14.5 Å². The van der Waals surface area contributed by atoms with E-state index >= 15 is 0 Å². The number of nitrogens with zero attached hydrogens (tertiary/aromatic N) is 1. The Morgan fingerprint density at radius 1 is 1.03 bits per heavy atom. The minimum atomic E-state index is -0.173. The molecule has 0 unspecified atom stereocenters. The average Bonchev–Trinajstić information content (AvgIpc) is 3.20. The molecule has 0 atom stereocenters. The highest BCUT2D eigenvalue weighted by molar-refractivity contribution is 6.05. The summed E-state index contributed by atoms with van der Waals surface area (Å²) in [6, 6.07) is 20.6. The maximum atomic E-state index is 12.7. The fraction of sp³-hybridized carbons (Fsp3) is 0.200. The zero-order valence-electron chi connectivity index (χ0n) is 17.1. The molecule has 30 heavy (non-hydrogen) atoms. The molecule has 5 heteroatoms. The second-order valence-corrected chi connectivity index (χ2v) is 7.15. The van der Waals surface area contributed by atoms with Crippen molar-refractivity contribution in [2.45, 2.75) is 26.7 Å². The number of benzene rings is 3. The van der Waals surface area contributed by atoms with Gasteiger partial charge in [0.05, 0.1) is 6.61 Å². The van der Waals surface area contributed by atoms with Gasteiger partial charge in [-0.2, -0.15) is 0 Å². The van der Waals surface area contributed by atoms with E-state index in [0.29, 0.717) is 18.1 Å². The van der Waals surface area contributed by atoms with Crippen LogP contribution in [0.3, 0.4) is 0 Å². The SMILES string of the molecule is CCCCOc1ccc(C(=O)Nc2cccc(-c3nc4ccccc4o3)c2C)cc1. The van der Waals surface area contributed by atoms with Gasteiger partial charge in [-0.15, -0.1) is 0 Å². The second-order valence-electron chi connectivity index (χ2n) is 7.15. The van der Waals surface area contributed by atoms with Crippen LogP contribution in [-0.2, 0) is 0 Å². The summed E-state index contributed by atoms with van der Waals surface area (Å²) >= 11 is 0. The number of anilines is 1. The molecule has 1 amide bonds. The molecule has 0 radical (unpaired) electrons. The van der Waals surface area contributed by atoms with Crippen LogP contribution >= 0.6 is 0 Å². The summed E-state index contributed by atoms with van der Waals surface area (Å²) in [5, 5.41) is 2.99. The monoisotopic (exact) mass is 400 g/mol. The molecule has 0 fully saturated rings. The first-order chi connectivity index (χ1) is 14.7. The van der Waals surface area contributed by atoms with E-state index in [1.165, 1.54) is 0 Å². The smallest absolute Gasteiger partial charge is 0.255 e. The van der Waals surface area contributed by atoms with Crippen LogP contribution in [0.4, 0.5) is 5.69 Å². The largest absolute Gasteiger partial charge is 0.494 e. The van der Waals surface area contributed by atoms with Crippen molar-refractivity contribution in [3.8, 4) is 17.2 Å². The Hall–Kier alpha value is -3.60. The molecule has 1 N–H and O–H groups in total. The lowest BCUT2D eigenvalue weighted by Gasteiger charge is -2.11. The summed E-state index contributed by atoms with van der Waals surface area (Å²) in [6.45, 7) is 4.76. The van der Waals surface area contributed by atoms with Crippen molar-refractivity contribution in [2.75, 3.05) is 11.9 Å². The molecule has 152 valence electrons.